The van der Waals surface area contributed by atoms with Crippen molar-refractivity contribution in [2.45, 2.75) is 31.1 Å². The molecule has 0 aromatic heterocycles. The molecule has 74 valence electrons. The van der Waals surface area contributed by atoms with Gasteiger partial charge in [-0.1, -0.05) is 15.9 Å². The first-order valence-electron chi connectivity index (χ1n) is 3.56. The summed E-state index contributed by atoms with van der Waals surface area (Å²) in [6.45, 7) is 1.09. The molecule has 0 aromatic rings. The summed E-state index contributed by atoms with van der Waals surface area (Å²) < 4.78 is 29.6. The van der Waals surface area contributed by atoms with Crippen molar-refractivity contribution in [2.75, 3.05) is 5.33 Å². The molecule has 1 atom stereocenters. The maximum Gasteiger partial charge on any atom is 0.294 e. The van der Waals surface area contributed by atoms with Crippen molar-refractivity contribution in [3.63, 3.8) is 0 Å². The lowest BCUT2D eigenvalue weighted by Gasteiger charge is -2.18. The van der Waals surface area contributed by atoms with Gasteiger partial charge in [0, 0.05) is 5.33 Å². The predicted molar refractivity (Wildman–Crippen MR) is 49.8 cm³/mol. The molecule has 0 saturated heterocycles. The number of halogens is 1. The van der Waals surface area contributed by atoms with E-state index < -0.39 is 15.1 Å². The number of aliphatic hydroxyl groups is 1. The van der Waals surface area contributed by atoms with Gasteiger partial charge >= 0.3 is 0 Å². The van der Waals surface area contributed by atoms with Gasteiger partial charge in [-0.3, -0.25) is 4.55 Å². The van der Waals surface area contributed by atoms with Gasteiger partial charge in [-0.15, -0.1) is 0 Å². The number of hydrogen-bond donors (Lipinski definition) is 2. The van der Waals surface area contributed by atoms with Gasteiger partial charge in [0.2, 0.25) is 0 Å². The van der Waals surface area contributed by atoms with Crippen molar-refractivity contribution < 1.29 is 18.1 Å². The quantitative estimate of drug-likeness (QED) is 0.442. The van der Waals surface area contributed by atoms with Crippen LogP contribution in [0.1, 0.15) is 26.2 Å². The van der Waals surface area contributed by atoms with E-state index in [-0.39, 0.29) is 6.42 Å². The zero-order valence-corrected chi connectivity index (χ0v) is 9.23. The molecular weight excluding hydrogens is 248 g/mol. The first kappa shape index (κ1) is 12.3. The zero-order chi connectivity index (χ0) is 9.83. The van der Waals surface area contributed by atoms with Crippen LogP contribution in [0.2, 0.25) is 0 Å². The lowest BCUT2D eigenvalue weighted by Crippen LogP contribution is -2.34. The zero-order valence-electron chi connectivity index (χ0n) is 6.83. The van der Waals surface area contributed by atoms with Crippen LogP contribution in [-0.2, 0) is 10.1 Å². The number of hydrogen-bond acceptors (Lipinski definition) is 3. The highest BCUT2D eigenvalue weighted by atomic mass is 79.9. The summed E-state index contributed by atoms with van der Waals surface area (Å²) in [7, 11) is -4.34. The summed E-state index contributed by atoms with van der Waals surface area (Å²) in [4.78, 5) is -2.00. The van der Waals surface area contributed by atoms with Crippen LogP contribution >= 0.6 is 15.9 Å². The third-order valence-corrected chi connectivity index (χ3v) is 3.46. The summed E-state index contributed by atoms with van der Waals surface area (Å²) in [6.07, 6.45) is 1.38. The molecule has 6 heteroatoms. The molecule has 0 bridgehead atoms. The van der Waals surface area contributed by atoms with Crippen LogP contribution in [0.4, 0.5) is 0 Å². The highest BCUT2D eigenvalue weighted by molar-refractivity contribution is 9.09. The average molecular weight is 261 g/mol. The molecule has 0 spiro atoms. The number of alkyl halides is 1. The minimum absolute atomic E-state index is 0.0530. The molecule has 1 unspecified atom stereocenters. The molecule has 2 N–H and O–H groups in total. The molecule has 0 amide bonds. The Balaban J connectivity index is 4.06. The van der Waals surface area contributed by atoms with E-state index in [1.165, 1.54) is 0 Å². The van der Waals surface area contributed by atoms with E-state index in [2.05, 4.69) is 15.9 Å². The Morgan fingerprint density at radius 2 is 1.92 bits per heavy atom. The summed E-state index contributed by atoms with van der Waals surface area (Å²) in [5, 5.41) is 9.98. The van der Waals surface area contributed by atoms with Crippen LogP contribution in [0.25, 0.3) is 0 Å². The molecular formula is C6H13BrO4S. The topological polar surface area (TPSA) is 74.6 Å². The third kappa shape index (κ3) is 3.84. The van der Waals surface area contributed by atoms with Crippen LogP contribution in [0, 0.1) is 0 Å². The fourth-order valence-corrected chi connectivity index (χ4v) is 1.48. The maximum atomic E-state index is 10.5. The Morgan fingerprint density at radius 1 is 1.42 bits per heavy atom. The molecule has 0 aliphatic carbocycles. The van der Waals surface area contributed by atoms with E-state index in [4.69, 9.17) is 4.55 Å². The summed E-state index contributed by atoms with van der Waals surface area (Å²) >= 11 is 3.17. The lowest BCUT2D eigenvalue weighted by molar-refractivity contribution is 0.120. The molecule has 0 radical (unpaired) electrons. The molecule has 0 rings (SSSR count). The van der Waals surface area contributed by atoms with Gasteiger partial charge in [0.25, 0.3) is 10.1 Å². The van der Waals surface area contributed by atoms with Crippen LogP contribution in [0.3, 0.4) is 0 Å². The molecule has 4 nitrogen and oxygen atoms in total. The minimum atomic E-state index is -4.34. The molecule has 0 saturated carbocycles. The fraction of sp³-hybridized carbons (Fsp3) is 1.00. The van der Waals surface area contributed by atoms with E-state index in [9.17, 15) is 13.5 Å². The molecule has 0 heterocycles. The van der Waals surface area contributed by atoms with Crippen molar-refractivity contribution in [3.05, 3.63) is 0 Å². The van der Waals surface area contributed by atoms with Gasteiger partial charge in [0.15, 0.2) is 4.93 Å². The SMILES string of the molecule is CC(O)(CCCCBr)S(=O)(=O)O. The Bertz CT molecular complexity index is 222. The monoisotopic (exact) mass is 260 g/mol. The van der Waals surface area contributed by atoms with Crippen LogP contribution in [0.15, 0.2) is 0 Å². The summed E-state index contributed by atoms with van der Waals surface area (Å²) in [5.74, 6) is 0. The Kier molecular flexibility index (Phi) is 4.68. The lowest BCUT2D eigenvalue weighted by atomic mass is 10.2. The number of rotatable bonds is 5. The molecule has 0 fully saturated rings. The van der Waals surface area contributed by atoms with E-state index in [0.717, 1.165) is 18.7 Å². The maximum absolute atomic E-state index is 10.5. The first-order valence-corrected chi connectivity index (χ1v) is 6.13. The first-order chi connectivity index (χ1) is 5.31. The second-order valence-electron chi connectivity index (χ2n) is 2.80. The average Bonchev–Trinajstić information content (AvgIpc) is 1.85. The van der Waals surface area contributed by atoms with Gasteiger partial charge in [0.05, 0.1) is 0 Å². The smallest absolute Gasteiger partial charge is 0.294 e. The standard InChI is InChI=1S/C6H13BrO4S/c1-6(8,12(9,10)11)4-2-3-5-7/h8H,2-5H2,1H3,(H,9,10,11). The Hall–Kier alpha value is 0.350. The molecule has 0 aliphatic heterocycles. The predicted octanol–water partition coefficient (Wildman–Crippen LogP) is 1.15. The largest absolute Gasteiger partial charge is 0.373 e. The van der Waals surface area contributed by atoms with Gasteiger partial charge in [-0.25, -0.2) is 0 Å². The van der Waals surface area contributed by atoms with Crippen molar-refractivity contribution in [1.29, 1.82) is 0 Å². The van der Waals surface area contributed by atoms with Crippen LogP contribution in [-0.4, -0.2) is 28.3 Å². The molecule has 0 aliphatic rings. The highest BCUT2D eigenvalue weighted by Gasteiger charge is 2.34. The van der Waals surface area contributed by atoms with Gasteiger partial charge in [-0.05, 0) is 26.2 Å². The van der Waals surface area contributed by atoms with Crippen LogP contribution in [0.5, 0.6) is 0 Å². The van der Waals surface area contributed by atoms with E-state index >= 15 is 0 Å². The van der Waals surface area contributed by atoms with Gasteiger partial charge in [-0.2, -0.15) is 8.42 Å². The van der Waals surface area contributed by atoms with E-state index in [1.807, 2.05) is 0 Å². The van der Waals surface area contributed by atoms with Crippen molar-refractivity contribution in [3.8, 4) is 0 Å². The van der Waals surface area contributed by atoms with Crippen molar-refractivity contribution in [2.24, 2.45) is 0 Å². The molecule has 12 heavy (non-hydrogen) atoms. The minimum Gasteiger partial charge on any atom is -0.373 e. The Morgan fingerprint density at radius 3 is 2.25 bits per heavy atom. The van der Waals surface area contributed by atoms with Crippen molar-refractivity contribution in [1.82, 2.24) is 0 Å². The van der Waals surface area contributed by atoms with Gasteiger partial charge < -0.3 is 5.11 Å². The van der Waals surface area contributed by atoms with Gasteiger partial charge in [0.1, 0.15) is 0 Å². The van der Waals surface area contributed by atoms with Crippen molar-refractivity contribution >= 4 is 26.0 Å². The fourth-order valence-electron chi connectivity index (χ4n) is 0.676. The summed E-state index contributed by atoms with van der Waals surface area (Å²) in [5.41, 5.74) is 0. The second kappa shape index (κ2) is 4.55. The van der Waals surface area contributed by atoms with E-state index in [1.54, 1.807) is 0 Å². The van der Waals surface area contributed by atoms with E-state index in [0.29, 0.717) is 6.42 Å². The summed E-state index contributed by atoms with van der Waals surface area (Å²) in [6, 6.07) is 0. The Labute approximate surface area is 80.9 Å². The third-order valence-electron chi connectivity index (χ3n) is 1.58. The normalized spacial score (nSPS) is 17.3. The highest BCUT2D eigenvalue weighted by Crippen LogP contribution is 2.19. The van der Waals surface area contributed by atoms with Crippen LogP contribution < -0.4 is 0 Å². The molecule has 0 aromatic carbocycles. The second-order valence-corrected chi connectivity index (χ2v) is 5.42. The number of unbranched alkanes of at least 4 members (excludes halogenated alkanes) is 1.